The summed E-state index contributed by atoms with van der Waals surface area (Å²) in [6, 6.07) is 4.58. The van der Waals surface area contributed by atoms with Crippen LogP contribution < -0.4 is 20.1 Å². The number of halogens is 4. The minimum atomic E-state index is -3.21. The predicted octanol–water partition coefficient (Wildman–Crippen LogP) is 5.10. The van der Waals surface area contributed by atoms with Crippen molar-refractivity contribution < 1.29 is 27.4 Å². The van der Waals surface area contributed by atoms with Crippen LogP contribution in [-0.2, 0) is 4.79 Å². The second-order valence-electron chi connectivity index (χ2n) is 11.4. The molecule has 0 saturated carbocycles. The van der Waals surface area contributed by atoms with E-state index in [0.29, 0.717) is 42.9 Å². The summed E-state index contributed by atoms with van der Waals surface area (Å²) in [4.78, 5) is 36.7. The maximum Gasteiger partial charge on any atom is 0.387 e. The van der Waals surface area contributed by atoms with Crippen molar-refractivity contribution in [3.05, 3.63) is 58.2 Å². The summed E-state index contributed by atoms with van der Waals surface area (Å²) >= 11 is 6.85. The van der Waals surface area contributed by atoms with Crippen molar-refractivity contribution in [3.63, 3.8) is 0 Å². The number of carbonyl (C=O) groups excluding carboxylic acids is 1. The molecule has 2 aromatic carbocycles. The highest BCUT2D eigenvalue weighted by Gasteiger charge is 2.36. The van der Waals surface area contributed by atoms with Gasteiger partial charge in [0.15, 0.2) is 5.75 Å². The Morgan fingerprint density at radius 1 is 1.20 bits per heavy atom. The standard InChI is InChI=1S/C31H33ClF3N5O4/c1-3-24(41)38-12-13-39(18(2)15-38)29-20-14-21(32)25(26-22(33)8-7-9-23(26)44-30(34)35)28-27(20)40(31(42)36-29)19(17-43-28)16-37-10-5-4-6-11-37/h3,7-9,14,18-19,30H,1,4-6,10-13,15-17H2,2H3/t18-,19?/m0/s1. The molecule has 1 aromatic heterocycles. The van der Waals surface area contributed by atoms with Crippen LogP contribution >= 0.6 is 11.6 Å². The number of anilines is 1. The van der Waals surface area contributed by atoms with Crippen molar-refractivity contribution in [1.29, 1.82) is 0 Å². The van der Waals surface area contributed by atoms with Gasteiger partial charge in [0, 0.05) is 37.6 Å². The van der Waals surface area contributed by atoms with Crippen molar-refractivity contribution in [3.8, 4) is 22.6 Å². The number of amides is 1. The second-order valence-corrected chi connectivity index (χ2v) is 11.8. The van der Waals surface area contributed by atoms with E-state index in [1.165, 1.54) is 18.2 Å². The fourth-order valence-corrected chi connectivity index (χ4v) is 6.92. The van der Waals surface area contributed by atoms with Crippen LogP contribution in [0.3, 0.4) is 0 Å². The highest BCUT2D eigenvalue weighted by molar-refractivity contribution is 6.35. The lowest BCUT2D eigenvalue weighted by molar-refractivity contribution is -0.126. The molecule has 3 aliphatic rings. The SMILES string of the molecule is C=CC(=O)N1CCN(c2nc(=O)n3c4c(c(-c5c(F)cccc5OC(F)F)c(Cl)cc24)OCC3CN2CCCCC2)[C@@H](C)C1. The van der Waals surface area contributed by atoms with E-state index in [1.807, 2.05) is 11.8 Å². The maximum absolute atomic E-state index is 15.4. The number of carbonyl (C=O) groups is 1. The van der Waals surface area contributed by atoms with Gasteiger partial charge in [0.1, 0.15) is 24.0 Å². The Morgan fingerprint density at radius 2 is 1.98 bits per heavy atom. The molecule has 2 saturated heterocycles. The van der Waals surface area contributed by atoms with Crippen molar-refractivity contribution in [2.45, 2.75) is 44.9 Å². The van der Waals surface area contributed by atoms with Crippen LogP contribution in [0.1, 0.15) is 32.2 Å². The van der Waals surface area contributed by atoms with E-state index < -0.39 is 29.9 Å². The van der Waals surface area contributed by atoms with Gasteiger partial charge >= 0.3 is 12.3 Å². The van der Waals surface area contributed by atoms with Crippen molar-refractivity contribution >= 4 is 34.2 Å². The zero-order valence-corrected chi connectivity index (χ0v) is 25.0. The largest absolute Gasteiger partial charge is 0.488 e. The van der Waals surface area contributed by atoms with Gasteiger partial charge in [0.25, 0.3) is 0 Å². The van der Waals surface area contributed by atoms with Gasteiger partial charge in [-0.25, -0.2) is 9.18 Å². The molecule has 3 aliphatic heterocycles. The molecule has 1 unspecified atom stereocenters. The van der Waals surface area contributed by atoms with Gasteiger partial charge in [-0.05, 0) is 57.1 Å². The van der Waals surface area contributed by atoms with Gasteiger partial charge in [-0.3, -0.25) is 9.36 Å². The minimum Gasteiger partial charge on any atom is -0.488 e. The Bertz CT molecular complexity index is 1660. The molecule has 0 aliphatic carbocycles. The van der Waals surface area contributed by atoms with E-state index in [4.69, 9.17) is 16.3 Å². The van der Waals surface area contributed by atoms with Gasteiger partial charge in [0.2, 0.25) is 5.91 Å². The van der Waals surface area contributed by atoms with Crippen LogP contribution in [0.4, 0.5) is 19.0 Å². The van der Waals surface area contributed by atoms with Gasteiger partial charge in [-0.2, -0.15) is 13.8 Å². The lowest BCUT2D eigenvalue weighted by Crippen LogP contribution is -2.54. The number of benzene rings is 2. The molecule has 44 heavy (non-hydrogen) atoms. The molecule has 3 aromatic rings. The smallest absolute Gasteiger partial charge is 0.387 e. The molecular formula is C31H33ClF3N5O4. The first kappa shape index (κ1) is 30.3. The van der Waals surface area contributed by atoms with Crippen LogP contribution in [0.25, 0.3) is 22.0 Å². The summed E-state index contributed by atoms with van der Waals surface area (Å²) in [5.41, 5.74) is -0.423. The normalized spacial score (nSPS) is 20.6. The van der Waals surface area contributed by atoms with Crippen molar-refractivity contribution in [2.24, 2.45) is 0 Å². The molecule has 0 radical (unpaired) electrons. The van der Waals surface area contributed by atoms with Crippen LogP contribution in [0.15, 0.2) is 41.7 Å². The second kappa shape index (κ2) is 12.3. The minimum absolute atomic E-state index is 0.0177. The van der Waals surface area contributed by atoms with Crippen LogP contribution in [0.2, 0.25) is 5.02 Å². The van der Waals surface area contributed by atoms with E-state index in [-0.39, 0.29) is 40.5 Å². The average molecular weight is 632 g/mol. The molecule has 13 heteroatoms. The number of rotatable bonds is 7. The molecule has 0 N–H and O–H groups in total. The zero-order valence-electron chi connectivity index (χ0n) is 24.3. The molecule has 234 valence electrons. The fourth-order valence-electron chi connectivity index (χ4n) is 6.63. The molecule has 9 nitrogen and oxygen atoms in total. The van der Waals surface area contributed by atoms with Crippen LogP contribution in [0, 0.1) is 5.82 Å². The third kappa shape index (κ3) is 5.49. The quantitative estimate of drug-likeness (QED) is 0.336. The number of piperidine rings is 1. The molecule has 1 amide bonds. The molecule has 0 spiro atoms. The maximum atomic E-state index is 15.4. The summed E-state index contributed by atoms with van der Waals surface area (Å²) < 4.78 is 54.8. The molecular weight excluding hydrogens is 599 g/mol. The predicted molar refractivity (Wildman–Crippen MR) is 161 cm³/mol. The van der Waals surface area contributed by atoms with Crippen LogP contribution in [-0.4, -0.2) is 83.8 Å². The van der Waals surface area contributed by atoms with E-state index in [9.17, 15) is 18.4 Å². The van der Waals surface area contributed by atoms with Crippen LogP contribution in [0.5, 0.6) is 11.5 Å². The number of ether oxygens (including phenoxy) is 2. The third-order valence-electron chi connectivity index (χ3n) is 8.63. The highest BCUT2D eigenvalue weighted by atomic mass is 35.5. The number of aromatic nitrogens is 2. The number of nitrogens with zero attached hydrogens (tertiary/aromatic N) is 5. The lowest BCUT2D eigenvalue weighted by atomic mass is 9.98. The molecule has 2 fully saturated rings. The first-order valence-corrected chi connectivity index (χ1v) is 15.1. The van der Waals surface area contributed by atoms with Gasteiger partial charge < -0.3 is 24.2 Å². The van der Waals surface area contributed by atoms with E-state index in [2.05, 4.69) is 21.2 Å². The highest BCUT2D eigenvalue weighted by Crippen LogP contribution is 2.49. The molecule has 4 heterocycles. The summed E-state index contributed by atoms with van der Waals surface area (Å²) in [5.74, 6) is -0.972. The average Bonchev–Trinajstić information content (AvgIpc) is 3.00. The molecule has 0 bridgehead atoms. The first-order chi connectivity index (χ1) is 21.2. The first-order valence-electron chi connectivity index (χ1n) is 14.7. The van der Waals surface area contributed by atoms with E-state index >= 15 is 4.39 Å². The van der Waals surface area contributed by atoms with Gasteiger partial charge in [-0.1, -0.05) is 30.7 Å². The van der Waals surface area contributed by atoms with Crippen molar-refractivity contribution in [1.82, 2.24) is 19.4 Å². The van der Waals surface area contributed by atoms with E-state index in [1.54, 1.807) is 15.5 Å². The Kier molecular flexibility index (Phi) is 8.47. The number of piperazine rings is 1. The van der Waals surface area contributed by atoms with Gasteiger partial charge in [0.05, 0.1) is 27.7 Å². The molecule has 2 atom stereocenters. The summed E-state index contributed by atoms with van der Waals surface area (Å²) in [6.45, 7) is 5.86. The Morgan fingerprint density at radius 3 is 2.68 bits per heavy atom. The summed E-state index contributed by atoms with van der Waals surface area (Å²) in [5, 5.41) is 0.521. The fraction of sp³-hybridized carbons (Fsp3) is 0.452. The summed E-state index contributed by atoms with van der Waals surface area (Å²) in [6.07, 6.45) is 4.54. The topological polar surface area (TPSA) is 80.1 Å². The van der Waals surface area contributed by atoms with E-state index in [0.717, 1.165) is 38.4 Å². The Labute approximate surface area is 257 Å². The molecule has 6 rings (SSSR count). The lowest BCUT2D eigenvalue weighted by Gasteiger charge is -2.41. The number of hydrogen-bond acceptors (Lipinski definition) is 7. The third-order valence-corrected chi connectivity index (χ3v) is 8.92. The number of hydrogen-bond donors (Lipinski definition) is 0. The summed E-state index contributed by atoms with van der Waals surface area (Å²) in [7, 11) is 0. The Balaban J connectivity index is 1.56. The number of likely N-dealkylation sites (tertiary alicyclic amines) is 1. The number of alkyl halides is 2. The zero-order chi connectivity index (χ0) is 31.1. The Hall–Kier alpha value is -3.77. The van der Waals surface area contributed by atoms with Crippen molar-refractivity contribution in [2.75, 3.05) is 50.8 Å². The monoisotopic (exact) mass is 631 g/mol. The van der Waals surface area contributed by atoms with Gasteiger partial charge in [-0.15, -0.1) is 0 Å².